The van der Waals surface area contributed by atoms with Crippen LogP contribution < -0.4 is 0 Å². The number of hydrogen-bond donors (Lipinski definition) is 1. The second kappa shape index (κ2) is 6.10. The van der Waals surface area contributed by atoms with Gasteiger partial charge in [-0.1, -0.05) is 6.07 Å². The van der Waals surface area contributed by atoms with Crippen LogP contribution in [0.2, 0.25) is 0 Å². The molecule has 2 aromatic rings. The van der Waals surface area contributed by atoms with E-state index in [2.05, 4.69) is 20.2 Å². The fraction of sp³-hybridized carbons (Fsp3) is 0.529. The fourth-order valence-electron chi connectivity index (χ4n) is 3.21. The van der Waals surface area contributed by atoms with Crippen molar-refractivity contribution in [2.45, 2.75) is 43.9 Å². The molecule has 1 atom stereocenters. The summed E-state index contributed by atoms with van der Waals surface area (Å²) in [6.07, 6.45) is 8.41. The topological polar surface area (TPSA) is 74.8 Å². The summed E-state index contributed by atoms with van der Waals surface area (Å²) < 4.78 is 0. The number of nitrogens with zero attached hydrogens (tertiary/aromatic N) is 4. The van der Waals surface area contributed by atoms with E-state index < -0.39 is 0 Å². The van der Waals surface area contributed by atoms with Crippen LogP contribution >= 0.6 is 0 Å². The van der Waals surface area contributed by atoms with Gasteiger partial charge in [-0.25, -0.2) is 4.98 Å². The van der Waals surface area contributed by atoms with E-state index in [9.17, 15) is 4.79 Å². The zero-order valence-electron chi connectivity index (χ0n) is 13.1. The summed E-state index contributed by atoms with van der Waals surface area (Å²) in [5.74, 6) is 2.92. The molecule has 1 N–H and O–H groups in total. The van der Waals surface area contributed by atoms with Crippen LogP contribution in [0.25, 0.3) is 0 Å². The molecule has 1 aliphatic heterocycles. The number of carbonyl (C=O) groups excluding carboxylic acids is 1. The number of aromatic amines is 1. The van der Waals surface area contributed by atoms with Crippen molar-refractivity contribution in [3.8, 4) is 0 Å². The molecule has 1 saturated carbocycles. The number of amides is 1. The molecule has 6 heteroatoms. The predicted molar refractivity (Wildman–Crippen MR) is 84.9 cm³/mol. The van der Waals surface area contributed by atoms with Gasteiger partial charge in [-0.15, -0.1) is 0 Å². The minimum Gasteiger partial charge on any atom is -0.342 e. The zero-order chi connectivity index (χ0) is 15.6. The van der Waals surface area contributed by atoms with Crippen LogP contribution in [-0.2, 0) is 11.2 Å². The van der Waals surface area contributed by atoms with Crippen LogP contribution in [0.3, 0.4) is 0 Å². The lowest BCUT2D eigenvalue weighted by molar-refractivity contribution is -0.131. The van der Waals surface area contributed by atoms with Crippen molar-refractivity contribution in [1.29, 1.82) is 0 Å². The number of likely N-dealkylation sites (tertiary alicyclic amines) is 1. The van der Waals surface area contributed by atoms with Gasteiger partial charge in [0.2, 0.25) is 5.91 Å². The Bertz CT molecular complexity index is 679. The Morgan fingerprint density at radius 3 is 3.00 bits per heavy atom. The number of rotatable bonds is 4. The highest BCUT2D eigenvalue weighted by molar-refractivity contribution is 5.78. The molecular formula is C17H21N5O. The maximum absolute atomic E-state index is 12.5. The Morgan fingerprint density at radius 2 is 2.22 bits per heavy atom. The van der Waals surface area contributed by atoms with E-state index in [-0.39, 0.29) is 11.8 Å². The molecule has 6 nitrogen and oxygen atoms in total. The first-order valence-corrected chi connectivity index (χ1v) is 8.38. The minimum absolute atomic E-state index is 0.167. The van der Waals surface area contributed by atoms with Crippen molar-refractivity contribution < 1.29 is 4.79 Å². The molecule has 4 rings (SSSR count). The van der Waals surface area contributed by atoms with Crippen LogP contribution in [-0.4, -0.2) is 44.1 Å². The quantitative estimate of drug-likeness (QED) is 0.937. The molecule has 2 aromatic heterocycles. The molecule has 23 heavy (non-hydrogen) atoms. The molecule has 1 amide bonds. The van der Waals surface area contributed by atoms with Crippen molar-refractivity contribution in [2.75, 3.05) is 13.1 Å². The lowest BCUT2D eigenvalue weighted by Gasteiger charge is -2.31. The predicted octanol–water partition coefficient (Wildman–Crippen LogP) is 2.03. The SMILES string of the molecule is O=C(Cc1cccnc1)N1CCC[C@@H](c2n[nH]c(C3CC3)n2)C1. The van der Waals surface area contributed by atoms with Gasteiger partial charge in [-0.2, -0.15) is 5.10 Å². The molecule has 2 fully saturated rings. The fourth-order valence-corrected chi connectivity index (χ4v) is 3.21. The van der Waals surface area contributed by atoms with E-state index in [0.29, 0.717) is 12.3 Å². The second-order valence-corrected chi connectivity index (χ2v) is 6.57. The molecule has 0 unspecified atom stereocenters. The van der Waals surface area contributed by atoms with Gasteiger partial charge < -0.3 is 4.90 Å². The van der Waals surface area contributed by atoms with Gasteiger partial charge in [0.15, 0.2) is 5.82 Å². The van der Waals surface area contributed by atoms with Crippen molar-refractivity contribution in [1.82, 2.24) is 25.1 Å². The lowest BCUT2D eigenvalue weighted by atomic mass is 9.97. The molecule has 0 bridgehead atoms. The summed E-state index contributed by atoms with van der Waals surface area (Å²) in [5.41, 5.74) is 0.966. The maximum Gasteiger partial charge on any atom is 0.227 e. The summed E-state index contributed by atoms with van der Waals surface area (Å²) in [6.45, 7) is 1.55. The van der Waals surface area contributed by atoms with Crippen molar-refractivity contribution in [3.05, 3.63) is 41.7 Å². The highest BCUT2D eigenvalue weighted by atomic mass is 16.2. The summed E-state index contributed by atoms with van der Waals surface area (Å²) in [5, 5.41) is 7.47. The second-order valence-electron chi connectivity index (χ2n) is 6.57. The first kappa shape index (κ1) is 14.4. The van der Waals surface area contributed by atoms with Crippen LogP contribution in [0.4, 0.5) is 0 Å². The molecule has 3 heterocycles. The minimum atomic E-state index is 0.167. The number of nitrogens with one attached hydrogen (secondary N) is 1. The van der Waals surface area contributed by atoms with Gasteiger partial charge >= 0.3 is 0 Å². The zero-order valence-corrected chi connectivity index (χ0v) is 13.1. The van der Waals surface area contributed by atoms with Gasteiger partial charge in [0.1, 0.15) is 5.82 Å². The third-order valence-corrected chi connectivity index (χ3v) is 4.70. The van der Waals surface area contributed by atoms with Gasteiger partial charge in [0.25, 0.3) is 0 Å². The number of pyridine rings is 1. The van der Waals surface area contributed by atoms with E-state index in [4.69, 9.17) is 0 Å². The third-order valence-electron chi connectivity index (χ3n) is 4.70. The van der Waals surface area contributed by atoms with Gasteiger partial charge in [0.05, 0.1) is 6.42 Å². The Kier molecular flexibility index (Phi) is 3.81. The average Bonchev–Trinajstić information content (AvgIpc) is 3.33. The summed E-state index contributed by atoms with van der Waals surface area (Å²) >= 11 is 0. The van der Waals surface area contributed by atoms with E-state index in [1.807, 2.05) is 17.0 Å². The monoisotopic (exact) mass is 311 g/mol. The largest absolute Gasteiger partial charge is 0.342 e. The summed E-state index contributed by atoms with van der Waals surface area (Å²) in [6, 6.07) is 3.82. The van der Waals surface area contributed by atoms with Crippen LogP contribution in [0.15, 0.2) is 24.5 Å². The van der Waals surface area contributed by atoms with Crippen molar-refractivity contribution in [2.24, 2.45) is 0 Å². The normalized spacial score (nSPS) is 21.4. The Labute approximate surface area is 135 Å². The van der Waals surface area contributed by atoms with Crippen LogP contribution in [0, 0.1) is 0 Å². The Hall–Kier alpha value is -2.24. The molecule has 0 aromatic carbocycles. The number of carbonyl (C=O) groups is 1. The molecule has 1 saturated heterocycles. The smallest absolute Gasteiger partial charge is 0.227 e. The highest BCUT2D eigenvalue weighted by Gasteiger charge is 2.31. The summed E-state index contributed by atoms with van der Waals surface area (Å²) in [4.78, 5) is 23.2. The van der Waals surface area contributed by atoms with E-state index in [1.54, 1.807) is 12.4 Å². The summed E-state index contributed by atoms with van der Waals surface area (Å²) in [7, 11) is 0. The highest BCUT2D eigenvalue weighted by Crippen LogP contribution is 2.38. The van der Waals surface area contributed by atoms with Crippen molar-refractivity contribution in [3.63, 3.8) is 0 Å². The van der Waals surface area contributed by atoms with Crippen LogP contribution in [0.5, 0.6) is 0 Å². The number of piperidine rings is 1. The molecule has 120 valence electrons. The van der Waals surface area contributed by atoms with Crippen LogP contribution in [0.1, 0.15) is 54.7 Å². The van der Waals surface area contributed by atoms with Gasteiger partial charge in [-0.3, -0.25) is 14.9 Å². The number of aromatic nitrogens is 4. The molecule has 2 aliphatic rings. The number of hydrogen-bond acceptors (Lipinski definition) is 4. The molecule has 0 spiro atoms. The molecule has 0 radical (unpaired) electrons. The molecular weight excluding hydrogens is 290 g/mol. The van der Waals surface area contributed by atoms with Gasteiger partial charge in [0, 0.05) is 37.3 Å². The van der Waals surface area contributed by atoms with E-state index in [0.717, 1.165) is 43.1 Å². The Morgan fingerprint density at radius 1 is 1.30 bits per heavy atom. The number of H-pyrrole nitrogens is 1. The standard InChI is InChI=1S/C17H21N5O/c23-15(9-12-3-1-7-18-10-12)22-8-2-4-14(11-22)17-19-16(20-21-17)13-5-6-13/h1,3,7,10,13-14H,2,4-6,8-9,11H2,(H,19,20,21)/t14-/m1/s1. The van der Waals surface area contributed by atoms with E-state index >= 15 is 0 Å². The maximum atomic E-state index is 12.5. The first-order chi connectivity index (χ1) is 11.3. The van der Waals surface area contributed by atoms with Gasteiger partial charge in [-0.05, 0) is 37.3 Å². The average molecular weight is 311 g/mol. The first-order valence-electron chi connectivity index (χ1n) is 8.38. The molecule has 1 aliphatic carbocycles. The Balaban J connectivity index is 1.40. The lowest BCUT2D eigenvalue weighted by Crippen LogP contribution is -2.40. The van der Waals surface area contributed by atoms with E-state index in [1.165, 1.54) is 12.8 Å². The van der Waals surface area contributed by atoms with Crippen molar-refractivity contribution >= 4 is 5.91 Å². The third kappa shape index (κ3) is 3.25.